The van der Waals surface area contributed by atoms with Crippen LogP contribution in [0.3, 0.4) is 0 Å². The van der Waals surface area contributed by atoms with Gasteiger partial charge in [0.05, 0.1) is 15.5 Å². The minimum atomic E-state index is -3.83. The van der Waals surface area contributed by atoms with E-state index >= 15 is 0 Å². The predicted molar refractivity (Wildman–Crippen MR) is 113 cm³/mol. The number of para-hydroxylation sites is 1. The first-order valence-electron chi connectivity index (χ1n) is 8.19. The summed E-state index contributed by atoms with van der Waals surface area (Å²) in [7, 11) is -2.21. The summed E-state index contributed by atoms with van der Waals surface area (Å²) >= 11 is 12.0. The first-order chi connectivity index (χ1) is 13.3. The van der Waals surface area contributed by atoms with Crippen molar-refractivity contribution in [1.82, 2.24) is 0 Å². The molecule has 3 rings (SSSR count). The number of benzene rings is 3. The van der Waals surface area contributed by atoms with Crippen molar-refractivity contribution >= 4 is 50.5 Å². The van der Waals surface area contributed by atoms with E-state index < -0.39 is 10.0 Å². The van der Waals surface area contributed by atoms with Gasteiger partial charge in [0.2, 0.25) is 0 Å². The van der Waals surface area contributed by atoms with Crippen molar-refractivity contribution in [3.63, 3.8) is 0 Å². The fourth-order valence-corrected chi connectivity index (χ4v) is 3.90. The number of hydrogen-bond acceptors (Lipinski definition) is 3. The van der Waals surface area contributed by atoms with Crippen molar-refractivity contribution in [2.45, 2.75) is 4.90 Å². The molecule has 3 aromatic carbocycles. The molecular formula is C20H16Cl2N2O3S. The number of amides is 1. The summed E-state index contributed by atoms with van der Waals surface area (Å²) in [6.45, 7) is 0. The lowest BCUT2D eigenvalue weighted by Crippen LogP contribution is -2.26. The van der Waals surface area contributed by atoms with Crippen LogP contribution >= 0.6 is 23.2 Å². The lowest BCUT2D eigenvalue weighted by Gasteiger charge is -2.18. The van der Waals surface area contributed by atoms with E-state index in [0.29, 0.717) is 10.7 Å². The average Bonchev–Trinajstić information content (AvgIpc) is 2.69. The van der Waals surface area contributed by atoms with Gasteiger partial charge in [-0.1, -0.05) is 41.4 Å². The summed E-state index contributed by atoms with van der Waals surface area (Å²) in [4.78, 5) is 14.3. The van der Waals surface area contributed by atoms with E-state index in [1.54, 1.807) is 19.2 Å². The summed E-state index contributed by atoms with van der Waals surface area (Å²) in [6.07, 6.45) is 0. The molecule has 0 radical (unpaired) electrons. The van der Waals surface area contributed by atoms with Crippen molar-refractivity contribution in [2.75, 3.05) is 16.7 Å². The summed E-state index contributed by atoms with van der Waals surface area (Å²) in [6, 6.07) is 19.2. The maximum absolute atomic E-state index is 12.8. The number of carbonyl (C=O) groups is 1. The van der Waals surface area contributed by atoms with Crippen LogP contribution in [-0.2, 0) is 10.0 Å². The van der Waals surface area contributed by atoms with Crippen LogP contribution < -0.4 is 9.62 Å². The number of nitrogens with zero attached hydrogens (tertiary/aromatic N) is 1. The molecule has 0 aliphatic heterocycles. The standard InChI is InChI=1S/C20H16Cl2N2O3S/c1-24(16-5-3-2-4-6-16)20(25)18-13-15(9-12-19(18)22)23-28(26,27)17-10-7-14(21)8-11-17/h2-13,23H,1H3. The van der Waals surface area contributed by atoms with Gasteiger partial charge >= 0.3 is 0 Å². The molecular weight excluding hydrogens is 419 g/mol. The minimum absolute atomic E-state index is 0.0566. The molecule has 0 fully saturated rings. The molecule has 8 heteroatoms. The van der Waals surface area contributed by atoms with Crippen molar-refractivity contribution in [3.8, 4) is 0 Å². The highest BCUT2D eigenvalue weighted by Crippen LogP contribution is 2.26. The van der Waals surface area contributed by atoms with E-state index in [1.807, 2.05) is 18.2 Å². The van der Waals surface area contributed by atoms with Crippen molar-refractivity contribution in [1.29, 1.82) is 0 Å². The molecule has 0 aliphatic rings. The van der Waals surface area contributed by atoms with Gasteiger partial charge in [0.25, 0.3) is 15.9 Å². The van der Waals surface area contributed by atoms with Crippen LogP contribution in [0, 0.1) is 0 Å². The number of sulfonamides is 1. The van der Waals surface area contributed by atoms with Crippen LogP contribution in [0.1, 0.15) is 10.4 Å². The third-order valence-corrected chi connectivity index (χ3v) is 6.00. The van der Waals surface area contributed by atoms with Gasteiger partial charge in [-0.25, -0.2) is 8.42 Å². The van der Waals surface area contributed by atoms with Crippen LogP contribution in [0.2, 0.25) is 10.0 Å². The fourth-order valence-electron chi connectivity index (χ4n) is 2.53. The number of halogens is 2. The zero-order chi connectivity index (χ0) is 20.3. The third kappa shape index (κ3) is 4.47. The van der Waals surface area contributed by atoms with Gasteiger partial charge in [0.1, 0.15) is 0 Å². The zero-order valence-electron chi connectivity index (χ0n) is 14.8. The predicted octanol–water partition coefficient (Wildman–Crippen LogP) is 5.07. The molecule has 0 heterocycles. The van der Waals surface area contributed by atoms with E-state index in [1.165, 1.54) is 47.4 Å². The van der Waals surface area contributed by atoms with E-state index in [0.717, 1.165) is 0 Å². The Hall–Kier alpha value is -2.54. The second-order valence-corrected chi connectivity index (χ2v) is 8.48. The van der Waals surface area contributed by atoms with Crippen LogP contribution in [0.5, 0.6) is 0 Å². The highest BCUT2D eigenvalue weighted by atomic mass is 35.5. The number of hydrogen-bond donors (Lipinski definition) is 1. The van der Waals surface area contributed by atoms with Crippen molar-refractivity contribution < 1.29 is 13.2 Å². The Bertz CT molecular complexity index is 1100. The van der Waals surface area contributed by atoms with Crippen LogP contribution in [0.15, 0.2) is 77.7 Å². The smallest absolute Gasteiger partial charge is 0.261 e. The normalized spacial score (nSPS) is 11.1. The first-order valence-corrected chi connectivity index (χ1v) is 10.4. The van der Waals surface area contributed by atoms with Gasteiger partial charge in [0, 0.05) is 23.4 Å². The van der Waals surface area contributed by atoms with Gasteiger partial charge < -0.3 is 4.90 Å². The van der Waals surface area contributed by atoms with Gasteiger partial charge in [-0.3, -0.25) is 9.52 Å². The Kier molecular flexibility index (Phi) is 5.93. The molecule has 0 unspecified atom stereocenters. The lowest BCUT2D eigenvalue weighted by molar-refractivity contribution is 0.0993. The maximum Gasteiger partial charge on any atom is 0.261 e. The van der Waals surface area contributed by atoms with E-state index in [-0.39, 0.29) is 27.1 Å². The monoisotopic (exact) mass is 434 g/mol. The Labute approximate surface area is 173 Å². The number of anilines is 2. The van der Waals surface area contributed by atoms with Crippen LogP contribution in [0.4, 0.5) is 11.4 Å². The van der Waals surface area contributed by atoms with Gasteiger partial charge in [0.15, 0.2) is 0 Å². The molecule has 144 valence electrons. The molecule has 0 aromatic heterocycles. The Morgan fingerprint density at radius 1 is 0.929 bits per heavy atom. The number of carbonyl (C=O) groups excluding carboxylic acids is 1. The summed E-state index contributed by atoms with van der Waals surface area (Å²) in [5, 5.41) is 0.657. The van der Waals surface area contributed by atoms with Gasteiger partial charge in [-0.2, -0.15) is 0 Å². The summed E-state index contributed by atoms with van der Waals surface area (Å²) in [5.74, 6) is -0.358. The lowest BCUT2D eigenvalue weighted by atomic mass is 10.1. The molecule has 1 N–H and O–H groups in total. The third-order valence-electron chi connectivity index (χ3n) is 4.02. The highest BCUT2D eigenvalue weighted by Gasteiger charge is 2.19. The topological polar surface area (TPSA) is 66.5 Å². The van der Waals surface area contributed by atoms with Gasteiger partial charge in [-0.05, 0) is 54.6 Å². The zero-order valence-corrected chi connectivity index (χ0v) is 17.1. The Balaban J connectivity index is 1.89. The Morgan fingerprint density at radius 2 is 1.57 bits per heavy atom. The molecule has 0 aliphatic carbocycles. The van der Waals surface area contributed by atoms with Crippen LogP contribution in [0.25, 0.3) is 0 Å². The molecule has 28 heavy (non-hydrogen) atoms. The SMILES string of the molecule is CN(C(=O)c1cc(NS(=O)(=O)c2ccc(Cl)cc2)ccc1Cl)c1ccccc1. The molecule has 1 amide bonds. The van der Waals surface area contributed by atoms with Gasteiger partial charge in [-0.15, -0.1) is 0 Å². The van der Waals surface area contributed by atoms with E-state index in [2.05, 4.69) is 4.72 Å². The quantitative estimate of drug-likeness (QED) is 0.609. The van der Waals surface area contributed by atoms with Crippen molar-refractivity contribution in [3.05, 3.63) is 88.4 Å². The molecule has 0 bridgehead atoms. The summed E-state index contributed by atoms with van der Waals surface area (Å²) < 4.78 is 27.6. The second kappa shape index (κ2) is 8.22. The molecule has 3 aromatic rings. The first kappa shape index (κ1) is 20.2. The molecule has 0 saturated heterocycles. The van der Waals surface area contributed by atoms with E-state index in [9.17, 15) is 13.2 Å². The van der Waals surface area contributed by atoms with Crippen molar-refractivity contribution in [2.24, 2.45) is 0 Å². The molecule has 0 spiro atoms. The highest BCUT2D eigenvalue weighted by molar-refractivity contribution is 7.92. The van der Waals surface area contributed by atoms with E-state index in [4.69, 9.17) is 23.2 Å². The number of nitrogens with one attached hydrogen (secondary N) is 1. The fraction of sp³-hybridized carbons (Fsp3) is 0.0500. The Morgan fingerprint density at radius 3 is 2.21 bits per heavy atom. The molecule has 0 saturated carbocycles. The average molecular weight is 435 g/mol. The molecule has 5 nitrogen and oxygen atoms in total. The number of rotatable bonds is 5. The maximum atomic E-state index is 12.8. The van der Waals surface area contributed by atoms with Crippen LogP contribution in [-0.4, -0.2) is 21.4 Å². The minimum Gasteiger partial charge on any atom is -0.311 e. The molecule has 0 atom stereocenters. The summed E-state index contributed by atoms with van der Waals surface area (Å²) in [5.41, 5.74) is 1.10. The largest absolute Gasteiger partial charge is 0.311 e. The second-order valence-electron chi connectivity index (χ2n) is 5.95.